The Balaban J connectivity index is 1.70. The first-order valence-electron chi connectivity index (χ1n) is 8.50. The molecular weight excluding hydrogens is 336 g/mol. The van der Waals surface area contributed by atoms with Crippen LogP contribution in [0.4, 0.5) is 11.8 Å². The molecule has 1 aliphatic heterocycles. The summed E-state index contributed by atoms with van der Waals surface area (Å²) in [4.78, 5) is 25.9. The van der Waals surface area contributed by atoms with Crippen LogP contribution in [0.15, 0.2) is 30.6 Å². The number of hydrogen-bond acceptors (Lipinski definition) is 8. The Kier molecular flexibility index (Phi) is 6.29. The Morgan fingerprint density at radius 1 is 1.19 bits per heavy atom. The molecule has 1 saturated heterocycles. The van der Waals surface area contributed by atoms with Crippen molar-refractivity contribution in [1.82, 2.24) is 19.9 Å². The molecule has 3 N–H and O–H groups in total. The third-order valence-corrected chi connectivity index (χ3v) is 3.94. The standard InChI is InChI=1S/C17H22N6O3/c24-16(25)12-20-17-21-14(13-1-3-18-4-2-13)11-15(22-17)19-5-6-23-7-9-26-10-8-23/h1-4,11H,5-10,12H2,(H,24,25)(H2,19,20,21,22). The zero-order chi connectivity index (χ0) is 18.2. The maximum Gasteiger partial charge on any atom is 0.322 e. The Hall–Kier alpha value is -2.78. The number of nitrogens with zero attached hydrogens (tertiary/aromatic N) is 4. The molecule has 0 saturated carbocycles. The van der Waals surface area contributed by atoms with E-state index in [2.05, 4.69) is 30.5 Å². The molecule has 0 aromatic carbocycles. The maximum absolute atomic E-state index is 10.8. The van der Waals surface area contributed by atoms with Crippen LogP contribution >= 0.6 is 0 Å². The number of anilines is 2. The highest BCUT2D eigenvalue weighted by Gasteiger charge is 2.11. The first-order valence-corrected chi connectivity index (χ1v) is 8.50. The molecule has 0 atom stereocenters. The summed E-state index contributed by atoms with van der Waals surface area (Å²) >= 11 is 0. The van der Waals surface area contributed by atoms with E-state index in [1.54, 1.807) is 12.4 Å². The first kappa shape index (κ1) is 18.0. The van der Waals surface area contributed by atoms with Gasteiger partial charge in [-0.2, -0.15) is 4.98 Å². The number of aromatic nitrogens is 3. The molecule has 26 heavy (non-hydrogen) atoms. The minimum Gasteiger partial charge on any atom is -0.480 e. The van der Waals surface area contributed by atoms with Gasteiger partial charge in [0.2, 0.25) is 5.95 Å². The molecule has 0 aliphatic carbocycles. The van der Waals surface area contributed by atoms with Crippen molar-refractivity contribution in [3.63, 3.8) is 0 Å². The summed E-state index contributed by atoms with van der Waals surface area (Å²) in [7, 11) is 0. The van der Waals surface area contributed by atoms with Gasteiger partial charge in [-0.25, -0.2) is 4.98 Å². The van der Waals surface area contributed by atoms with E-state index in [0.29, 0.717) is 11.5 Å². The predicted molar refractivity (Wildman–Crippen MR) is 97.1 cm³/mol. The fourth-order valence-electron chi connectivity index (χ4n) is 2.61. The molecule has 0 bridgehead atoms. The smallest absolute Gasteiger partial charge is 0.322 e. The van der Waals surface area contributed by atoms with Crippen LogP contribution in [0.1, 0.15) is 0 Å². The number of nitrogens with one attached hydrogen (secondary N) is 2. The van der Waals surface area contributed by atoms with E-state index < -0.39 is 5.97 Å². The number of carbonyl (C=O) groups is 1. The lowest BCUT2D eigenvalue weighted by Gasteiger charge is -2.26. The van der Waals surface area contributed by atoms with Crippen LogP contribution < -0.4 is 10.6 Å². The van der Waals surface area contributed by atoms with Gasteiger partial charge in [0.15, 0.2) is 0 Å². The van der Waals surface area contributed by atoms with Crippen LogP contribution in [-0.4, -0.2) is 76.9 Å². The lowest BCUT2D eigenvalue weighted by Crippen LogP contribution is -2.39. The Morgan fingerprint density at radius 2 is 1.96 bits per heavy atom. The van der Waals surface area contributed by atoms with E-state index in [0.717, 1.165) is 45.0 Å². The zero-order valence-corrected chi connectivity index (χ0v) is 14.4. The Labute approximate surface area is 151 Å². The fraction of sp³-hybridized carbons (Fsp3) is 0.412. The summed E-state index contributed by atoms with van der Waals surface area (Å²) in [5, 5.41) is 14.9. The first-order chi connectivity index (χ1) is 12.7. The van der Waals surface area contributed by atoms with E-state index in [-0.39, 0.29) is 12.5 Å². The molecule has 3 heterocycles. The van der Waals surface area contributed by atoms with E-state index in [4.69, 9.17) is 9.84 Å². The highest BCUT2D eigenvalue weighted by molar-refractivity contribution is 5.72. The van der Waals surface area contributed by atoms with Gasteiger partial charge in [-0.15, -0.1) is 0 Å². The molecular formula is C17H22N6O3. The lowest BCUT2D eigenvalue weighted by molar-refractivity contribution is -0.134. The second-order valence-electron chi connectivity index (χ2n) is 5.83. The average molecular weight is 358 g/mol. The highest BCUT2D eigenvalue weighted by atomic mass is 16.5. The molecule has 1 aliphatic rings. The van der Waals surface area contributed by atoms with E-state index in [1.165, 1.54) is 0 Å². The zero-order valence-electron chi connectivity index (χ0n) is 14.4. The quantitative estimate of drug-likeness (QED) is 0.630. The lowest BCUT2D eigenvalue weighted by atomic mass is 10.2. The topological polar surface area (TPSA) is 112 Å². The van der Waals surface area contributed by atoms with Crippen molar-refractivity contribution in [2.45, 2.75) is 0 Å². The maximum atomic E-state index is 10.8. The number of carboxylic acids is 1. The second kappa shape index (κ2) is 9.07. The molecule has 2 aromatic rings. The fourth-order valence-corrected chi connectivity index (χ4v) is 2.61. The van der Waals surface area contributed by atoms with E-state index >= 15 is 0 Å². The molecule has 138 valence electrons. The van der Waals surface area contributed by atoms with Crippen molar-refractivity contribution in [3.05, 3.63) is 30.6 Å². The van der Waals surface area contributed by atoms with Gasteiger partial charge in [-0.05, 0) is 12.1 Å². The van der Waals surface area contributed by atoms with Crippen molar-refractivity contribution in [1.29, 1.82) is 0 Å². The Bertz CT molecular complexity index is 722. The number of morpholine rings is 1. The van der Waals surface area contributed by atoms with Crippen molar-refractivity contribution in [3.8, 4) is 11.3 Å². The average Bonchev–Trinajstić information content (AvgIpc) is 2.68. The molecule has 3 rings (SSSR count). The predicted octanol–water partition coefficient (Wildman–Crippen LogP) is 0.779. The molecule has 1 fully saturated rings. The Morgan fingerprint density at radius 3 is 2.69 bits per heavy atom. The molecule has 2 aromatic heterocycles. The van der Waals surface area contributed by atoms with Crippen molar-refractivity contribution in [2.24, 2.45) is 0 Å². The van der Waals surface area contributed by atoms with Crippen LogP contribution in [-0.2, 0) is 9.53 Å². The van der Waals surface area contributed by atoms with Gasteiger partial charge in [-0.3, -0.25) is 14.7 Å². The summed E-state index contributed by atoms with van der Waals surface area (Å²) in [5.41, 5.74) is 1.58. The number of ether oxygens (including phenoxy) is 1. The molecule has 9 nitrogen and oxygen atoms in total. The summed E-state index contributed by atoms with van der Waals surface area (Å²) in [5.74, 6) is -0.0479. The van der Waals surface area contributed by atoms with Crippen molar-refractivity contribution >= 4 is 17.7 Å². The van der Waals surface area contributed by atoms with E-state index in [1.807, 2.05) is 18.2 Å². The highest BCUT2D eigenvalue weighted by Crippen LogP contribution is 2.20. The van der Waals surface area contributed by atoms with Gasteiger partial charge < -0.3 is 20.5 Å². The number of aliphatic carboxylic acids is 1. The summed E-state index contributed by atoms with van der Waals surface area (Å²) < 4.78 is 5.35. The van der Waals surface area contributed by atoms with Crippen molar-refractivity contribution in [2.75, 3.05) is 56.6 Å². The summed E-state index contributed by atoms with van der Waals surface area (Å²) in [6.07, 6.45) is 3.38. The number of carboxylic acid groups (broad SMARTS) is 1. The van der Waals surface area contributed by atoms with Gasteiger partial charge in [0.1, 0.15) is 12.4 Å². The third kappa shape index (κ3) is 5.36. The van der Waals surface area contributed by atoms with Gasteiger partial charge in [0.25, 0.3) is 0 Å². The van der Waals surface area contributed by atoms with Crippen LogP contribution in [0, 0.1) is 0 Å². The molecule has 0 radical (unpaired) electrons. The number of hydrogen-bond donors (Lipinski definition) is 3. The SMILES string of the molecule is O=C(O)CNc1nc(NCCN2CCOCC2)cc(-c2ccncc2)n1. The molecule has 9 heteroatoms. The van der Waals surface area contributed by atoms with Crippen molar-refractivity contribution < 1.29 is 14.6 Å². The summed E-state index contributed by atoms with van der Waals surface area (Å²) in [6, 6.07) is 5.54. The molecule has 0 amide bonds. The van der Waals surface area contributed by atoms with E-state index in [9.17, 15) is 4.79 Å². The van der Waals surface area contributed by atoms with Crippen LogP contribution in [0.3, 0.4) is 0 Å². The van der Waals surface area contributed by atoms with Gasteiger partial charge in [0.05, 0.1) is 18.9 Å². The third-order valence-electron chi connectivity index (χ3n) is 3.94. The normalized spacial score (nSPS) is 14.8. The van der Waals surface area contributed by atoms with Gasteiger partial charge >= 0.3 is 5.97 Å². The monoisotopic (exact) mass is 358 g/mol. The molecule has 0 spiro atoms. The van der Waals surface area contributed by atoms with Crippen LogP contribution in [0.2, 0.25) is 0 Å². The number of rotatable bonds is 8. The molecule has 0 unspecified atom stereocenters. The van der Waals surface area contributed by atoms with Crippen LogP contribution in [0.5, 0.6) is 0 Å². The summed E-state index contributed by atoms with van der Waals surface area (Å²) in [6.45, 7) is 4.76. The van der Waals surface area contributed by atoms with Crippen LogP contribution in [0.25, 0.3) is 11.3 Å². The number of pyridine rings is 1. The minimum absolute atomic E-state index is 0.243. The minimum atomic E-state index is -0.968. The second-order valence-corrected chi connectivity index (χ2v) is 5.83. The van der Waals surface area contributed by atoms with Gasteiger partial charge in [0, 0.05) is 50.2 Å². The largest absolute Gasteiger partial charge is 0.480 e. The van der Waals surface area contributed by atoms with Gasteiger partial charge in [-0.1, -0.05) is 0 Å².